The first-order chi connectivity index (χ1) is 14.1. The Balaban J connectivity index is 1.52. The average molecular weight is 386 g/mol. The predicted molar refractivity (Wildman–Crippen MR) is 112 cm³/mol. The highest BCUT2D eigenvalue weighted by molar-refractivity contribution is 5.93. The average Bonchev–Trinajstić information content (AvgIpc) is 3.02. The lowest BCUT2D eigenvalue weighted by atomic mass is 9.88. The van der Waals surface area contributed by atoms with Crippen molar-refractivity contribution in [2.75, 3.05) is 0 Å². The number of hydrogen-bond donors (Lipinski definition) is 1. The Bertz CT molecular complexity index is 1300. The van der Waals surface area contributed by atoms with Crippen molar-refractivity contribution < 1.29 is 4.79 Å². The number of amides is 1. The number of rotatable bonds is 3. The Hall–Kier alpha value is -3.41. The lowest BCUT2D eigenvalue weighted by Crippen LogP contribution is -2.34. The highest BCUT2D eigenvalue weighted by Gasteiger charge is 2.22. The molecule has 1 aliphatic rings. The second kappa shape index (κ2) is 6.88. The van der Waals surface area contributed by atoms with E-state index in [2.05, 4.69) is 28.5 Å². The maximum atomic E-state index is 13.0. The second-order valence-corrected chi connectivity index (χ2v) is 7.66. The molecule has 6 heteroatoms. The van der Waals surface area contributed by atoms with E-state index >= 15 is 0 Å². The van der Waals surface area contributed by atoms with Crippen molar-refractivity contribution in [3.8, 4) is 0 Å². The van der Waals surface area contributed by atoms with Gasteiger partial charge in [-0.2, -0.15) is 4.98 Å². The molecular weight excluding hydrogens is 364 g/mol. The van der Waals surface area contributed by atoms with Crippen molar-refractivity contribution in [1.82, 2.24) is 19.5 Å². The topological polar surface area (TPSA) is 68.4 Å². The number of para-hydroxylation sites is 1. The molecular formula is C23H22N4O2. The Morgan fingerprint density at radius 2 is 1.97 bits per heavy atom. The number of carbonyl (C=O) groups is 1. The smallest absolute Gasteiger partial charge is 0.273 e. The summed E-state index contributed by atoms with van der Waals surface area (Å²) in [7, 11) is 0. The van der Waals surface area contributed by atoms with Crippen LogP contribution in [0.4, 0.5) is 0 Å². The maximum Gasteiger partial charge on any atom is 0.273 e. The van der Waals surface area contributed by atoms with E-state index < -0.39 is 0 Å². The van der Waals surface area contributed by atoms with Gasteiger partial charge in [-0.3, -0.25) is 14.3 Å². The summed E-state index contributed by atoms with van der Waals surface area (Å²) < 4.78 is 3.76. The van der Waals surface area contributed by atoms with Crippen LogP contribution >= 0.6 is 0 Å². The first kappa shape index (κ1) is 17.7. The van der Waals surface area contributed by atoms with Gasteiger partial charge in [0.15, 0.2) is 5.65 Å². The molecule has 1 N–H and O–H groups in total. The van der Waals surface area contributed by atoms with E-state index in [-0.39, 0.29) is 24.1 Å². The summed E-state index contributed by atoms with van der Waals surface area (Å²) in [5, 5.41) is 4.08. The molecule has 0 bridgehead atoms. The van der Waals surface area contributed by atoms with Crippen molar-refractivity contribution >= 4 is 22.5 Å². The number of aromatic nitrogens is 3. The number of hydrogen-bond acceptors (Lipinski definition) is 3. The minimum absolute atomic E-state index is 0.0398. The number of carbonyl (C=O) groups excluding carboxylic acids is 1. The van der Waals surface area contributed by atoms with Gasteiger partial charge < -0.3 is 5.32 Å². The molecule has 2 aromatic heterocycles. The molecule has 1 amide bonds. The lowest BCUT2D eigenvalue weighted by molar-refractivity contribution is -0.122. The van der Waals surface area contributed by atoms with Gasteiger partial charge in [0.1, 0.15) is 6.54 Å². The molecule has 1 unspecified atom stereocenters. The number of fused-ring (bicyclic) bond motifs is 4. The van der Waals surface area contributed by atoms with Gasteiger partial charge in [0.25, 0.3) is 5.56 Å². The molecule has 2 aromatic carbocycles. The largest absolute Gasteiger partial charge is 0.348 e. The molecule has 6 nitrogen and oxygen atoms in total. The summed E-state index contributed by atoms with van der Waals surface area (Å²) in [6.07, 6.45) is 3.08. The summed E-state index contributed by atoms with van der Waals surface area (Å²) >= 11 is 0. The van der Waals surface area contributed by atoms with Crippen LogP contribution in [-0.4, -0.2) is 20.1 Å². The third-order valence-corrected chi connectivity index (χ3v) is 5.75. The SMILES string of the molecule is Cc1cc(=O)nc2c3ccccc3n(CC(=O)NC3CCCc4ccccc43)n12. The molecule has 0 fully saturated rings. The highest BCUT2D eigenvalue weighted by Crippen LogP contribution is 2.29. The van der Waals surface area contributed by atoms with Crippen LogP contribution in [0.15, 0.2) is 59.4 Å². The van der Waals surface area contributed by atoms with E-state index in [4.69, 9.17) is 0 Å². The first-order valence-electron chi connectivity index (χ1n) is 9.97. The van der Waals surface area contributed by atoms with Crippen LogP contribution < -0.4 is 10.9 Å². The Morgan fingerprint density at radius 1 is 1.17 bits per heavy atom. The van der Waals surface area contributed by atoms with E-state index in [1.54, 1.807) is 0 Å². The summed E-state index contributed by atoms with van der Waals surface area (Å²) in [6.45, 7) is 2.02. The maximum absolute atomic E-state index is 13.0. The summed E-state index contributed by atoms with van der Waals surface area (Å²) in [5.74, 6) is -0.0487. The third-order valence-electron chi connectivity index (χ3n) is 5.75. The Kier molecular flexibility index (Phi) is 4.19. The van der Waals surface area contributed by atoms with Gasteiger partial charge in [0, 0.05) is 17.1 Å². The zero-order valence-corrected chi connectivity index (χ0v) is 16.3. The van der Waals surface area contributed by atoms with Crippen molar-refractivity contribution in [1.29, 1.82) is 0 Å². The van der Waals surface area contributed by atoms with E-state index in [9.17, 15) is 9.59 Å². The minimum Gasteiger partial charge on any atom is -0.348 e. The molecule has 5 rings (SSSR count). The van der Waals surface area contributed by atoms with Crippen LogP contribution in [0.5, 0.6) is 0 Å². The van der Waals surface area contributed by atoms with E-state index in [1.165, 1.54) is 17.2 Å². The Labute approximate surface area is 167 Å². The predicted octanol–water partition coefficient (Wildman–Crippen LogP) is 3.15. The molecule has 1 aliphatic carbocycles. The summed E-state index contributed by atoms with van der Waals surface area (Å²) in [5.41, 5.74) is 4.49. The zero-order valence-electron chi connectivity index (χ0n) is 16.3. The van der Waals surface area contributed by atoms with Gasteiger partial charge >= 0.3 is 0 Å². The van der Waals surface area contributed by atoms with E-state index in [1.807, 2.05) is 46.5 Å². The molecule has 0 radical (unpaired) electrons. The lowest BCUT2D eigenvalue weighted by Gasteiger charge is -2.26. The van der Waals surface area contributed by atoms with Gasteiger partial charge in [-0.25, -0.2) is 4.52 Å². The van der Waals surface area contributed by atoms with E-state index in [0.29, 0.717) is 5.65 Å². The molecule has 146 valence electrons. The quantitative estimate of drug-likeness (QED) is 0.588. The van der Waals surface area contributed by atoms with Gasteiger partial charge in [-0.05, 0) is 49.4 Å². The number of nitrogens with one attached hydrogen (secondary N) is 1. The fraction of sp³-hybridized carbons (Fsp3) is 0.261. The van der Waals surface area contributed by atoms with Gasteiger partial charge in [0.05, 0.1) is 11.6 Å². The molecule has 2 heterocycles. The standard InChI is InChI=1S/C23H22N4O2/c1-15-13-21(28)25-23-18-10-4-5-12-20(18)26(27(15)23)14-22(29)24-19-11-6-8-16-7-2-3-9-17(16)19/h2-5,7,9-10,12-13,19H,6,8,11,14H2,1H3,(H,24,29). The molecule has 29 heavy (non-hydrogen) atoms. The Morgan fingerprint density at radius 3 is 2.86 bits per heavy atom. The normalized spacial score (nSPS) is 16.1. The highest BCUT2D eigenvalue weighted by atomic mass is 16.2. The molecule has 1 atom stereocenters. The molecule has 4 aromatic rings. The fourth-order valence-electron chi connectivity index (χ4n) is 4.50. The monoisotopic (exact) mass is 386 g/mol. The second-order valence-electron chi connectivity index (χ2n) is 7.66. The van der Waals surface area contributed by atoms with E-state index in [0.717, 1.165) is 35.9 Å². The summed E-state index contributed by atoms with van der Waals surface area (Å²) in [4.78, 5) is 29.2. The van der Waals surface area contributed by atoms with Crippen molar-refractivity contribution in [3.63, 3.8) is 0 Å². The van der Waals surface area contributed by atoms with Crippen LogP contribution in [0.1, 0.15) is 35.7 Å². The van der Waals surface area contributed by atoms with Crippen LogP contribution in [-0.2, 0) is 17.8 Å². The van der Waals surface area contributed by atoms with Crippen LogP contribution in [0.3, 0.4) is 0 Å². The summed E-state index contributed by atoms with van der Waals surface area (Å²) in [6, 6.07) is 17.6. The minimum atomic E-state index is -0.270. The van der Waals surface area contributed by atoms with Crippen LogP contribution in [0.25, 0.3) is 16.6 Å². The number of nitrogens with zero attached hydrogens (tertiary/aromatic N) is 3. The molecule has 0 aliphatic heterocycles. The zero-order chi connectivity index (χ0) is 20.0. The van der Waals surface area contributed by atoms with Crippen molar-refractivity contribution in [2.24, 2.45) is 0 Å². The molecule has 0 spiro atoms. The van der Waals surface area contributed by atoms with Gasteiger partial charge in [-0.1, -0.05) is 36.4 Å². The van der Waals surface area contributed by atoms with Crippen molar-refractivity contribution in [2.45, 2.75) is 38.8 Å². The number of aryl methyl sites for hydroxylation is 2. The van der Waals surface area contributed by atoms with Crippen LogP contribution in [0, 0.1) is 6.92 Å². The fourth-order valence-corrected chi connectivity index (χ4v) is 4.50. The first-order valence-corrected chi connectivity index (χ1v) is 9.97. The third kappa shape index (κ3) is 3.01. The van der Waals surface area contributed by atoms with Gasteiger partial charge in [0.2, 0.25) is 5.91 Å². The van der Waals surface area contributed by atoms with Crippen LogP contribution in [0.2, 0.25) is 0 Å². The van der Waals surface area contributed by atoms with Crippen molar-refractivity contribution in [3.05, 3.63) is 81.8 Å². The molecule has 0 saturated carbocycles. The molecule has 0 saturated heterocycles. The number of benzene rings is 2. The van der Waals surface area contributed by atoms with Gasteiger partial charge in [-0.15, -0.1) is 0 Å².